The van der Waals surface area contributed by atoms with Gasteiger partial charge in [0.15, 0.2) is 0 Å². The number of hydrogen-bond acceptors (Lipinski definition) is 1. The zero-order valence-electron chi connectivity index (χ0n) is 28.5. The van der Waals surface area contributed by atoms with Crippen LogP contribution in [0, 0.1) is 0 Å². The van der Waals surface area contributed by atoms with Gasteiger partial charge in [-0.3, -0.25) is 0 Å². The quantitative estimate of drug-likeness (QED) is 0.173. The van der Waals surface area contributed by atoms with E-state index >= 15 is 0 Å². The fourth-order valence-electron chi connectivity index (χ4n) is 8.61. The molecule has 0 spiro atoms. The number of anilines is 3. The molecule has 242 valence electrons. The molecule has 7 aromatic carbocycles. The van der Waals surface area contributed by atoms with E-state index in [0.29, 0.717) is 0 Å². The monoisotopic (exact) mass is 651 g/mol. The van der Waals surface area contributed by atoms with Crippen molar-refractivity contribution >= 4 is 22.6 Å². The van der Waals surface area contributed by atoms with Gasteiger partial charge in [0.05, 0.1) is 11.4 Å². The van der Waals surface area contributed by atoms with Gasteiger partial charge in [-0.15, -0.1) is 0 Å². The topological polar surface area (TPSA) is 3.24 Å². The second-order valence-electron chi connectivity index (χ2n) is 14.0. The van der Waals surface area contributed by atoms with Crippen LogP contribution in [0.5, 0.6) is 0 Å². The van der Waals surface area contributed by atoms with E-state index in [1.165, 1.54) is 83.7 Å². The Balaban J connectivity index is 1.18. The van der Waals surface area contributed by atoms with E-state index in [9.17, 15) is 0 Å². The highest BCUT2D eigenvalue weighted by atomic mass is 15.1. The summed E-state index contributed by atoms with van der Waals surface area (Å²) in [4.78, 5) is 2.55. The minimum absolute atomic E-state index is 0.924. The van der Waals surface area contributed by atoms with Crippen molar-refractivity contribution in [2.45, 2.75) is 25.7 Å². The van der Waals surface area contributed by atoms with Crippen LogP contribution in [0.4, 0.5) is 17.1 Å². The van der Waals surface area contributed by atoms with E-state index in [1.807, 2.05) is 0 Å². The van der Waals surface area contributed by atoms with E-state index in [4.69, 9.17) is 0 Å². The Morgan fingerprint density at radius 1 is 0.431 bits per heavy atom. The Hall–Kier alpha value is -6.18. The number of allylic oxidation sites excluding steroid dienone is 4. The van der Waals surface area contributed by atoms with E-state index in [2.05, 4.69) is 181 Å². The Morgan fingerprint density at radius 3 is 1.75 bits per heavy atom. The molecule has 1 heteroatoms. The van der Waals surface area contributed by atoms with Gasteiger partial charge in [0, 0.05) is 17.7 Å². The number of para-hydroxylation sites is 1. The highest BCUT2D eigenvalue weighted by Gasteiger charge is 2.34. The molecule has 1 nitrogen and oxygen atoms in total. The van der Waals surface area contributed by atoms with E-state index < -0.39 is 0 Å². The fourth-order valence-corrected chi connectivity index (χ4v) is 8.61. The molecule has 10 rings (SSSR count). The summed E-state index contributed by atoms with van der Waals surface area (Å²) < 4.78 is 0. The highest BCUT2D eigenvalue weighted by Crippen LogP contribution is 2.54. The average molecular weight is 652 g/mol. The van der Waals surface area contributed by atoms with E-state index in [-0.39, 0.29) is 0 Å². The number of benzene rings is 7. The first-order valence-electron chi connectivity index (χ1n) is 18.2. The molecular weight excluding hydrogens is 615 g/mol. The minimum atomic E-state index is 0.924. The molecule has 0 saturated heterocycles. The van der Waals surface area contributed by atoms with Gasteiger partial charge < -0.3 is 4.90 Å². The third-order valence-corrected chi connectivity index (χ3v) is 11.0. The normalized spacial score (nSPS) is 13.8. The third-order valence-electron chi connectivity index (χ3n) is 11.0. The first-order chi connectivity index (χ1) is 25.3. The van der Waals surface area contributed by atoms with Crippen LogP contribution in [-0.4, -0.2) is 0 Å². The van der Waals surface area contributed by atoms with Crippen molar-refractivity contribution in [3.63, 3.8) is 0 Å². The lowest BCUT2D eigenvalue weighted by atomic mass is 9.90. The van der Waals surface area contributed by atoms with E-state index in [1.54, 1.807) is 5.57 Å². The summed E-state index contributed by atoms with van der Waals surface area (Å²) in [6, 6.07) is 60.2. The van der Waals surface area contributed by atoms with Gasteiger partial charge in [-0.1, -0.05) is 157 Å². The molecule has 0 bridgehead atoms. The maximum Gasteiger partial charge on any atom is 0.0540 e. The van der Waals surface area contributed by atoms with Crippen molar-refractivity contribution in [3.05, 3.63) is 204 Å². The first-order valence-corrected chi connectivity index (χ1v) is 18.2. The van der Waals surface area contributed by atoms with Gasteiger partial charge >= 0.3 is 0 Å². The Bertz CT molecular complexity index is 2480. The summed E-state index contributed by atoms with van der Waals surface area (Å²) in [5, 5.41) is 0. The molecule has 3 aliphatic carbocycles. The zero-order chi connectivity index (χ0) is 33.7. The van der Waals surface area contributed by atoms with Gasteiger partial charge in [-0.2, -0.15) is 0 Å². The second kappa shape index (κ2) is 12.3. The largest absolute Gasteiger partial charge is 0.310 e. The smallest absolute Gasteiger partial charge is 0.0540 e. The molecule has 0 atom stereocenters. The van der Waals surface area contributed by atoms with Gasteiger partial charge in [0.25, 0.3) is 0 Å². The van der Waals surface area contributed by atoms with Gasteiger partial charge in [-0.25, -0.2) is 0 Å². The summed E-state index contributed by atoms with van der Waals surface area (Å²) in [6.45, 7) is 0. The molecule has 0 heterocycles. The Morgan fingerprint density at radius 2 is 1.02 bits per heavy atom. The fraction of sp³-hybridized carbons (Fsp3) is 0.0800. The van der Waals surface area contributed by atoms with Gasteiger partial charge in [0.2, 0.25) is 0 Å². The maximum atomic E-state index is 2.55. The predicted molar refractivity (Wildman–Crippen MR) is 215 cm³/mol. The summed E-state index contributed by atoms with van der Waals surface area (Å²) in [7, 11) is 0. The zero-order valence-corrected chi connectivity index (χ0v) is 28.5. The minimum Gasteiger partial charge on any atom is -0.310 e. The van der Waals surface area contributed by atoms with Crippen LogP contribution >= 0.6 is 0 Å². The Labute approximate surface area is 300 Å². The second-order valence-corrected chi connectivity index (χ2v) is 14.0. The molecule has 0 unspecified atom stereocenters. The lowest BCUT2D eigenvalue weighted by Gasteiger charge is -2.31. The van der Waals surface area contributed by atoms with Crippen LogP contribution in [0.2, 0.25) is 0 Å². The molecule has 0 saturated carbocycles. The van der Waals surface area contributed by atoms with Crippen LogP contribution in [0.25, 0.3) is 50.1 Å². The average Bonchev–Trinajstić information content (AvgIpc) is 3.78. The molecule has 0 fully saturated rings. The van der Waals surface area contributed by atoms with Crippen molar-refractivity contribution in [2.75, 3.05) is 4.90 Å². The highest BCUT2D eigenvalue weighted by molar-refractivity contribution is 6.01. The van der Waals surface area contributed by atoms with Crippen LogP contribution in [-0.2, 0) is 12.8 Å². The third kappa shape index (κ3) is 5.08. The summed E-state index contributed by atoms with van der Waals surface area (Å²) in [5.41, 5.74) is 22.6. The molecule has 0 aliphatic heterocycles. The van der Waals surface area contributed by atoms with Crippen molar-refractivity contribution in [2.24, 2.45) is 0 Å². The first kappa shape index (κ1) is 29.7. The Kier molecular flexibility index (Phi) is 7.17. The number of nitrogens with zero attached hydrogens (tertiary/aromatic N) is 1. The molecule has 7 aromatic rings. The summed E-state index contributed by atoms with van der Waals surface area (Å²) in [5.74, 6) is 0. The molecule has 3 aliphatic rings. The standard InChI is InChI=1S/C50H37N/c1-3-13-34(14-4-1)36-23-25-38(26-24-36)43-19-11-12-22-47(43)51(42-29-27-37(28-30-42)35-15-5-2-6-16-35)48-33-41-31-39-17-7-9-20-44(39)49(41)50-45-21-10-8-18-40(45)32-46(48)50/h1-6,8-16,18-30,33H,7,17,31-32H2. The van der Waals surface area contributed by atoms with Crippen LogP contribution in [0.1, 0.15) is 35.1 Å². The summed E-state index contributed by atoms with van der Waals surface area (Å²) >= 11 is 0. The van der Waals surface area contributed by atoms with Crippen molar-refractivity contribution < 1.29 is 0 Å². The van der Waals surface area contributed by atoms with Crippen molar-refractivity contribution in [3.8, 4) is 44.5 Å². The number of fused-ring (bicyclic) bond motifs is 6. The number of hydrogen-bond donors (Lipinski definition) is 0. The van der Waals surface area contributed by atoms with E-state index in [0.717, 1.165) is 31.4 Å². The molecule has 0 N–H and O–H groups in total. The lowest BCUT2D eigenvalue weighted by molar-refractivity contribution is 0.935. The van der Waals surface area contributed by atoms with Crippen LogP contribution in [0.3, 0.4) is 0 Å². The molecule has 51 heavy (non-hydrogen) atoms. The SMILES string of the molecule is C1=CC2=C(CC1)Cc1cc(N(c3ccc(-c4ccccc4)cc3)c3ccccc3-c3ccc(-c4ccccc4)cc3)c3c(c12)-c1ccccc1C3. The molecule has 0 aromatic heterocycles. The lowest BCUT2D eigenvalue weighted by Crippen LogP contribution is -2.14. The van der Waals surface area contributed by atoms with Gasteiger partial charge in [0.1, 0.15) is 0 Å². The van der Waals surface area contributed by atoms with Crippen molar-refractivity contribution in [1.29, 1.82) is 0 Å². The van der Waals surface area contributed by atoms with Crippen LogP contribution in [0.15, 0.2) is 182 Å². The maximum absolute atomic E-state index is 2.55. The molecule has 0 radical (unpaired) electrons. The van der Waals surface area contributed by atoms with Gasteiger partial charge in [-0.05, 0) is 110 Å². The van der Waals surface area contributed by atoms with Crippen LogP contribution < -0.4 is 4.90 Å². The summed E-state index contributed by atoms with van der Waals surface area (Å²) in [6.07, 6.45) is 9.01. The predicted octanol–water partition coefficient (Wildman–Crippen LogP) is 13.4. The molecular formula is C50H37N. The number of rotatable bonds is 6. The molecule has 0 amide bonds. The van der Waals surface area contributed by atoms with Crippen molar-refractivity contribution in [1.82, 2.24) is 0 Å².